The molecule has 0 bridgehead atoms. The Morgan fingerprint density at radius 2 is 1.90 bits per heavy atom. The molecule has 0 saturated heterocycles. The smallest absolute Gasteiger partial charge is 0.0919 e. The zero-order chi connectivity index (χ0) is 15.1. The third kappa shape index (κ3) is 4.92. The number of hydrogen-bond acceptors (Lipinski definition) is 2. The lowest BCUT2D eigenvalue weighted by atomic mass is 10.00. The Hall–Kier alpha value is -0.860. The number of aryl methyl sites for hydroxylation is 2. The van der Waals surface area contributed by atoms with Crippen molar-refractivity contribution in [1.82, 2.24) is 4.90 Å². The standard InChI is InChI=1S/C18H31NO/c1-6-8-11-19(16(5)7-2)13-18(20)17-12-14(3)9-10-15(17)4/h9-10,12,16,18,20H,6-8,11,13H2,1-5H3. The van der Waals surface area contributed by atoms with Crippen LogP contribution in [0, 0.1) is 13.8 Å². The van der Waals surface area contributed by atoms with E-state index >= 15 is 0 Å². The number of rotatable bonds is 8. The van der Waals surface area contributed by atoms with Crippen LogP contribution in [0.5, 0.6) is 0 Å². The van der Waals surface area contributed by atoms with Crippen LogP contribution >= 0.6 is 0 Å². The summed E-state index contributed by atoms with van der Waals surface area (Å²) in [5.41, 5.74) is 3.48. The van der Waals surface area contributed by atoms with E-state index in [1.807, 2.05) is 0 Å². The highest BCUT2D eigenvalue weighted by Crippen LogP contribution is 2.21. The molecule has 20 heavy (non-hydrogen) atoms. The monoisotopic (exact) mass is 277 g/mol. The van der Waals surface area contributed by atoms with Gasteiger partial charge in [0.15, 0.2) is 0 Å². The largest absolute Gasteiger partial charge is 0.387 e. The first kappa shape index (κ1) is 17.2. The van der Waals surface area contributed by atoms with Crippen molar-refractivity contribution in [2.75, 3.05) is 13.1 Å². The lowest BCUT2D eigenvalue weighted by Gasteiger charge is -2.31. The van der Waals surface area contributed by atoms with Gasteiger partial charge in [0, 0.05) is 12.6 Å². The van der Waals surface area contributed by atoms with Crippen LogP contribution in [0.3, 0.4) is 0 Å². The molecule has 114 valence electrons. The van der Waals surface area contributed by atoms with E-state index in [0.717, 1.165) is 25.1 Å². The van der Waals surface area contributed by atoms with E-state index in [1.165, 1.54) is 24.0 Å². The molecule has 1 N–H and O–H groups in total. The first-order chi connectivity index (χ1) is 9.49. The molecule has 0 heterocycles. The van der Waals surface area contributed by atoms with Gasteiger partial charge in [-0.1, -0.05) is 44.0 Å². The molecule has 0 spiro atoms. The summed E-state index contributed by atoms with van der Waals surface area (Å²) in [6.45, 7) is 12.7. The maximum atomic E-state index is 10.6. The van der Waals surface area contributed by atoms with E-state index < -0.39 is 0 Å². The fourth-order valence-electron chi connectivity index (χ4n) is 2.55. The molecule has 1 rings (SSSR count). The van der Waals surface area contributed by atoms with Crippen molar-refractivity contribution in [2.45, 2.75) is 66.0 Å². The molecular formula is C18H31NO. The van der Waals surface area contributed by atoms with Crippen molar-refractivity contribution >= 4 is 0 Å². The van der Waals surface area contributed by atoms with E-state index in [9.17, 15) is 5.11 Å². The molecule has 0 aliphatic heterocycles. The van der Waals surface area contributed by atoms with Crippen molar-refractivity contribution in [1.29, 1.82) is 0 Å². The maximum absolute atomic E-state index is 10.6. The summed E-state index contributed by atoms with van der Waals surface area (Å²) < 4.78 is 0. The Labute approximate surface area is 124 Å². The van der Waals surface area contributed by atoms with Crippen LogP contribution in [-0.2, 0) is 0 Å². The van der Waals surface area contributed by atoms with Gasteiger partial charge in [0.25, 0.3) is 0 Å². The number of benzene rings is 1. The van der Waals surface area contributed by atoms with E-state index in [1.54, 1.807) is 0 Å². The van der Waals surface area contributed by atoms with E-state index in [-0.39, 0.29) is 6.10 Å². The van der Waals surface area contributed by atoms with Crippen molar-refractivity contribution in [3.63, 3.8) is 0 Å². The topological polar surface area (TPSA) is 23.5 Å². The van der Waals surface area contributed by atoms with Gasteiger partial charge in [-0.15, -0.1) is 0 Å². The van der Waals surface area contributed by atoms with E-state index in [0.29, 0.717) is 6.04 Å². The highest BCUT2D eigenvalue weighted by molar-refractivity contribution is 5.32. The molecule has 0 aliphatic carbocycles. The minimum absolute atomic E-state index is 0.388. The highest BCUT2D eigenvalue weighted by atomic mass is 16.3. The summed E-state index contributed by atoms with van der Waals surface area (Å²) in [4.78, 5) is 2.43. The molecule has 0 saturated carbocycles. The second-order valence-corrected chi connectivity index (χ2v) is 5.98. The van der Waals surface area contributed by atoms with Crippen LogP contribution in [0.1, 0.15) is 62.8 Å². The fourth-order valence-corrected chi connectivity index (χ4v) is 2.55. The lowest BCUT2D eigenvalue weighted by molar-refractivity contribution is 0.0883. The molecule has 2 nitrogen and oxygen atoms in total. The summed E-state index contributed by atoms with van der Waals surface area (Å²) in [5.74, 6) is 0. The van der Waals surface area contributed by atoms with Crippen LogP contribution in [-0.4, -0.2) is 29.1 Å². The molecule has 2 heteroatoms. The van der Waals surface area contributed by atoms with Crippen LogP contribution in [0.2, 0.25) is 0 Å². The van der Waals surface area contributed by atoms with Crippen LogP contribution < -0.4 is 0 Å². The lowest BCUT2D eigenvalue weighted by Crippen LogP contribution is -2.37. The van der Waals surface area contributed by atoms with E-state index in [2.05, 4.69) is 57.7 Å². The quantitative estimate of drug-likeness (QED) is 0.768. The van der Waals surface area contributed by atoms with Crippen molar-refractivity contribution < 1.29 is 5.11 Å². The zero-order valence-electron chi connectivity index (χ0n) is 13.8. The molecule has 1 aromatic rings. The number of unbranched alkanes of at least 4 members (excludes halogenated alkanes) is 1. The molecule has 1 aromatic carbocycles. The molecular weight excluding hydrogens is 246 g/mol. The summed E-state index contributed by atoms with van der Waals surface area (Å²) >= 11 is 0. The van der Waals surface area contributed by atoms with Gasteiger partial charge in [-0.05, 0) is 51.3 Å². The summed E-state index contributed by atoms with van der Waals surface area (Å²) in [7, 11) is 0. The van der Waals surface area contributed by atoms with Gasteiger partial charge in [-0.2, -0.15) is 0 Å². The minimum atomic E-state index is -0.388. The molecule has 2 unspecified atom stereocenters. The Bertz CT molecular complexity index is 402. The fraction of sp³-hybridized carbons (Fsp3) is 0.667. The van der Waals surface area contributed by atoms with Crippen LogP contribution in [0.25, 0.3) is 0 Å². The normalized spacial score (nSPS) is 14.6. The predicted octanol–water partition coefficient (Wildman–Crippen LogP) is 4.24. The second kappa shape index (κ2) is 8.43. The van der Waals surface area contributed by atoms with Crippen LogP contribution in [0.15, 0.2) is 18.2 Å². The minimum Gasteiger partial charge on any atom is -0.387 e. The molecule has 0 amide bonds. The molecule has 2 atom stereocenters. The maximum Gasteiger partial charge on any atom is 0.0919 e. The van der Waals surface area contributed by atoms with Crippen molar-refractivity contribution in [3.8, 4) is 0 Å². The Kier molecular flexibility index (Phi) is 7.25. The average Bonchev–Trinajstić information content (AvgIpc) is 2.44. The van der Waals surface area contributed by atoms with Gasteiger partial charge in [-0.25, -0.2) is 0 Å². The van der Waals surface area contributed by atoms with Gasteiger partial charge in [0.05, 0.1) is 6.10 Å². The van der Waals surface area contributed by atoms with Crippen molar-refractivity contribution in [2.24, 2.45) is 0 Å². The SMILES string of the molecule is CCCCN(CC(O)c1cc(C)ccc1C)C(C)CC. The third-order valence-electron chi connectivity index (χ3n) is 4.21. The van der Waals surface area contributed by atoms with Crippen molar-refractivity contribution in [3.05, 3.63) is 34.9 Å². The number of aliphatic hydroxyl groups excluding tert-OH is 1. The number of nitrogens with zero attached hydrogens (tertiary/aromatic N) is 1. The van der Waals surface area contributed by atoms with Gasteiger partial charge in [-0.3, -0.25) is 4.90 Å². The number of hydrogen-bond donors (Lipinski definition) is 1. The van der Waals surface area contributed by atoms with E-state index in [4.69, 9.17) is 0 Å². The van der Waals surface area contributed by atoms with Gasteiger partial charge >= 0.3 is 0 Å². The average molecular weight is 277 g/mol. The predicted molar refractivity (Wildman–Crippen MR) is 87.1 cm³/mol. The van der Waals surface area contributed by atoms with Gasteiger partial charge in [0.2, 0.25) is 0 Å². The highest BCUT2D eigenvalue weighted by Gasteiger charge is 2.18. The van der Waals surface area contributed by atoms with Gasteiger partial charge < -0.3 is 5.11 Å². The second-order valence-electron chi connectivity index (χ2n) is 5.98. The Balaban J connectivity index is 2.78. The first-order valence-corrected chi connectivity index (χ1v) is 7.98. The third-order valence-corrected chi connectivity index (χ3v) is 4.21. The molecule has 0 radical (unpaired) electrons. The zero-order valence-corrected chi connectivity index (χ0v) is 13.8. The molecule has 0 aliphatic rings. The summed E-state index contributed by atoms with van der Waals surface area (Å²) in [6.07, 6.45) is 3.14. The molecule has 0 fully saturated rings. The van der Waals surface area contributed by atoms with Gasteiger partial charge in [0.1, 0.15) is 0 Å². The Morgan fingerprint density at radius 3 is 2.50 bits per heavy atom. The number of aliphatic hydroxyl groups is 1. The Morgan fingerprint density at radius 1 is 1.20 bits per heavy atom. The first-order valence-electron chi connectivity index (χ1n) is 7.98. The summed E-state index contributed by atoms with van der Waals surface area (Å²) in [6, 6.07) is 6.86. The van der Waals surface area contributed by atoms with Crippen LogP contribution in [0.4, 0.5) is 0 Å². The molecule has 0 aromatic heterocycles. The summed E-state index contributed by atoms with van der Waals surface area (Å²) in [5, 5.41) is 10.6.